The zero-order valence-corrected chi connectivity index (χ0v) is 13.3. The maximum absolute atomic E-state index is 12.4. The van der Waals surface area contributed by atoms with Gasteiger partial charge in [0.25, 0.3) is 5.91 Å². The van der Waals surface area contributed by atoms with Crippen LogP contribution >= 0.6 is 23.2 Å². The molecule has 5 nitrogen and oxygen atoms in total. The van der Waals surface area contributed by atoms with Crippen molar-refractivity contribution < 1.29 is 9.59 Å². The number of carbonyl (C=O) groups is 2. The minimum Gasteiger partial charge on any atom is -0.345 e. The summed E-state index contributed by atoms with van der Waals surface area (Å²) in [5.41, 5.74) is 1.58. The van der Waals surface area contributed by atoms with Crippen molar-refractivity contribution in [2.45, 2.75) is 13.0 Å². The largest absolute Gasteiger partial charge is 0.345 e. The van der Waals surface area contributed by atoms with E-state index >= 15 is 0 Å². The van der Waals surface area contributed by atoms with Crippen LogP contribution in [0, 0.1) is 0 Å². The smallest absolute Gasteiger partial charge is 0.319 e. The van der Waals surface area contributed by atoms with E-state index in [9.17, 15) is 9.59 Å². The van der Waals surface area contributed by atoms with Crippen molar-refractivity contribution in [3.63, 3.8) is 0 Å². The summed E-state index contributed by atoms with van der Waals surface area (Å²) in [5, 5.41) is 6.22. The van der Waals surface area contributed by atoms with Crippen LogP contribution in [0.5, 0.6) is 0 Å². The zero-order chi connectivity index (χ0) is 15.7. The Morgan fingerprint density at radius 2 is 1.95 bits per heavy atom. The van der Waals surface area contributed by atoms with Gasteiger partial charge in [0.2, 0.25) is 0 Å². The molecule has 0 aromatic heterocycles. The highest BCUT2D eigenvalue weighted by Crippen LogP contribution is 2.33. The van der Waals surface area contributed by atoms with Crippen molar-refractivity contribution in [2.75, 3.05) is 14.1 Å². The standard InChI is InChI=1S/C14H15Cl2N3O2/c1-7-11(13(20)19(2)3)12(18-14(21)17-7)9-5-4-8(15)6-10(9)16/h4-6,12H,1-3H3,(H2,17,18,21). The molecule has 112 valence electrons. The lowest BCUT2D eigenvalue weighted by Gasteiger charge is -2.30. The molecule has 0 saturated heterocycles. The van der Waals surface area contributed by atoms with Gasteiger partial charge in [-0.1, -0.05) is 29.3 Å². The molecule has 0 saturated carbocycles. The molecule has 7 heteroatoms. The van der Waals surface area contributed by atoms with Gasteiger partial charge in [-0.05, 0) is 24.6 Å². The lowest BCUT2D eigenvalue weighted by Crippen LogP contribution is -2.46. The van der Waals surface area contributed by atoms with Gasteiger partial charge in [-0.15, -0.1) is 0 Å². The number of benzene rings is 1. The molecule has 1 aromatic carbocycles. The fourth-order valence-corrected chi connectivity index (χ4v) is 2.70. The van der Waals surface area contributed by atoms with Crippen LogP contribution < -0.4 is 10.6 Å². The Labute approximate surface area is 132 Å². The maximum Gasteiger partial charge on any atom is 0.319 e. The quantitative estimate of drug-likeness (QED) is 0.877. The third-order valence-corrected chi connectivity index (χ3v) is 3.74. The molecule has 1 aliphatic rings. The second-order valence-electron chi connectivity index (χ2n) is 4.94. The molecule has 0 radical (unpaired) electrons. The second kappa shape index (κ2) is 5.95. The summed E-state index contributed by atoms with van der Waals surface area (Å²) in [6.45, 7) is 1.69. The van der Waals surface area contributed by atoms with Crippen LogP contribution in [0.4, 0.5) is 4.79 Å². The Hall–Kier alpha value is -1.72. The number of carbonyl (C=O) groups excluding carboxylic acids is 2. The number of nitrogens with one attached hydrogen (secondary N) is 2. The number of halogens is 2. The van der Waals surface area contributed by atoms with Crippen molar-refractivity contribution in [1.82, 2.24) is 15.5 Å². The molecule has 3 amide bonds. The minimum atomic E-state index is -0.613. The van der Waals surface area contributed by atoms with Gasteiger partial charge >= 0.3 is 6.03 Å². The maximum atomic E-state index is 12.4. The highest BCUT2D eigenvalue weighted by atomic mass is 35.5. The van der Waals surface area contributed by atoms with Crippen molar-refractivity contribution in [1.29, 1.82) is 0 Å². The number of rotatable bonds is 2. The molecule has 1 unspecified atom stereocenters. The monoisotopic (exact) mass is 327 g/mol. The van der Waals surface area contributed by atoms with Gasteiger partial charge in [0.15, 0.2) is 0 Å². The van der Waals surface area contributed by atoms with E-state index in [0.717, 1.165) is 0 Å². The topological polar surface area (TPSA) is 61.4 Å². The first-order chi connectivity index (χ1) is 9.81. The van der Waals surface area contributed by atoms with E-state index < -0.39 is 6.04 Å². The number of allylic oxidation sites excluding steroid dienone is 1. The third kappa shape index (κ3) is 3.14. The minimum absolute atomic E-state index is 0.198. The molecule has 1 aromatic rings. The van der Waals surface area contributed by atoms with E-state index in [0.29, 0.717) is 26.9 Å². The molecule has 21 heavy (non-hydrogen) atoms. The van der Waals surface area contributed by atoms with Crippen molar-refractivity contribution in [3.05, 3.63) is 45.1 Å². The molecule has 0 aliphatic carbocycles. The average molecular weight is 328 g/mol. The highest BCUT2D eigenvalue weighted by molar-refractivity contribution is 6.35. The van der Waals surface area contributed by atoms with E-state index in [4.69, 9.17) is 23.2 Å². The fraction of sp³-hybridized carbons (Fsp3) is 0.286. The van der Waals surface area contributed by atoms with E-state index in [2.05, 4.69) is 10.6 Å². The van der Waals surface area contributed by atoms with E-state index in [1.54, 1.807) is 39.2 Å². The van der Waals surface area contributed by atoms with Gasteiger partial charge in [-0.25, -0.2) is 4.79 Å². The first-order valence-electron chi connectivity index (χ1n) is 6.26. The molecule has 1 atom stereocenters. The number of nitrogens with zero attached hydrogens (tertiary/aromatic N) is 1. The van der Waals surface area contributed by atoms with Crippen LogP contribution in [0.1, 0.15) is 18.5 Å². The van der Waals surface area contributed by atoms with Gasteiger partial charge < -0.3 is 15.5 Å². The SMILES string of the molecule is CC1=C(C(=O)N(C)C)C(c2ccc(Cl)cc2Cl)NC(=O)N1. The van der Waals surface area contributed by atoms with Crippen LogP contribution in [0.3, 0.4) is 0 Å². The Bertz CT molecular complexity index is 641. The Kier molecular flexibility index (Phi) is 4.44. The van der Waals surface area contributed by atoms with Crippen molar-refractivity contribution in [2.24, 2.45) is 0 Å². The van der Waals surface area contributed by atoms with Crippen LogP contribution in [0.2, 0.25) is 10.0 Å². The lowest BCUT2D eigenvalue weighted by molar-refractivity contribution is -0.125. The number of hydrogen-bond acceptors (Lipinski definition) is 2. The number of amides is 3. The molecule has 1 aliphatic heterocycles. The summed E-state index contributed by atoms with van der Waals surface area (Å²) >= 11 is 12.1. The summed E-state index contributed by atoms with van der Waals surface area (Å²) < 4.78 is 0. The Balaban J connectivity index is 2.55. The van der Waals surface area contributed by atoms with Crippen molar-refractivity contribution >= 4 is 35.1 Å². The molecule has 0 fully saturated rings. The first-order valence-corrected chi connectivity index (χ1v) is 7.01. The predicted molar refractivity (Wildman–Crippen MR) is 82.3 cm³/mol. The van der Waals surface area contributed by atoms with Crippen LogP contribution in [-0.2, 0) is 4.79 Å². The van der Waals surface area contributed by atoms with E-state index in [1.165, 1.54) is 4.90 Å². The van der Waals surface area contributed by atoms with Gasteiger partial charge in [0.05, 0.1) is 11.6 Å². The van der Waals surface area contributed by atoms with Gasteiger partial charge in [-0.2, -0.15) is 0 Å². The fourth-order valence-electron chi connectivity index (χ4n) is 2.19. The zero-order valence-electron chi connectivity index (χ0n) is 11.8. The summed E-state index contributed by atoms with van der Waals surface area (Å²) in [4.78, 5) is 25.6. The molecular formula is C14H15Cl2N3O2. The van der Waals surface area contributed by atoms with Crippen LogP contribution in [0.15, 0.2) is 29.5 Å². The molecule has 1 heterocycles. The average Bonchev–Trinajstić information content (AvgIpc) is 2.37. The first kappa shape index (κ1) is 15.7. The second-order valence-corrected chi connectivity index (χ2v) is 5.78. The number of urea groups is 1. The summed E-state index contributed by atoms with van der Waals surface area (Å²) in [7, 11) is 3.30. The summed E-state index contributed by atoms with van der Waals surface area (Å²) in [5.74, 6) is -0.198. The molecule has 0 bridgehead atoms. The third-order valence-electron chi connectivity index (χ3n) is 3.18. The molecule has 2 N–H and O–H groups in total. The lowest BCUT2D eigenvalue weighted by atomic mass is 9.94. The number of likely N-dealkylation sites (N-methyl/N-ethyl adjacent to an activating group) is 1. The number of hydrogen-bond donors (Lipinski definition) is 2. The predicted octanol–water partition coefficient (Wildman–Crippen LogP) is 2.71. The molecule has 0 spiro atoms. The van der Waals surface area contributed by atoms with Crippen molar-refractivity contribution in [3.8, 4) is 0 Å². The Morgan fingerprint density at radius 1 is 1.29 bits per heavy atom. The highest BCUT2D eigenvalue weighted by Gasteiger charge is 2.33. The molecular weight excluding hydrogens is 313 g/mol. The van der Waals surface area contributed by atoms with Crippen LogP contribution in [0.25, 0.3) is 0 Å². The Morgan fingerprint density at radius 3 is 2.52 bits per heavy atom. The summed E-state index contributed by atoms with van der Waals surface area (Å²) in [6, 6.07) is 3.97. The molecule has 2 rings (SSSR count). The van der Waals surface area contributed by atoms with Gasteiger partial charge in [0.1, 0.15) is 0 Å². The van der Waals surface area contributed by atoms with Gasteiger partial charge in [0, 0.05) is 29.8 Å². The normalized spacial score (nSPS) is 18.1. The van der Waals surface area contributed by atoms with E-state index in [1.807, 2.05) is 0 Å². The summed E-state index contributed by atoms with van der Waals surface area (Å²) in [6.07, 6.45) is 0. The van der Waals surface area contributed by atoms with Crippen LogP contribution in [-0.4, -0.2) is 30.9 Å². The van der Waals surface area contributed by atoms with Gasteiger partial charge in [-0.3, -0.25) is 4.79 Å². The van der Waals surface area contributed by atoms with E-state index in [-0.39, 0.29) is 11.9 Å².